The Morgan fingerprint density at radius 2 is 1.79 bits per heavy atom. The second-order valence-electron chi connectivity index (χ2n) is 5.89. The van der Waals surface area contributed by atoms with E-state index in [1.54, 1.807) is 10.7 Å². The normalized spacial score (nSPS) is 13.7. The van der Waals surface area contributed by atoms with Crippen molar-refractivity contribution in [2.75, 3.05) is 0 Å². The minimum absolute atomic E-state index is 0.118. The largest absolute Gasteiger partial charge is 0.348 e. The van der Waals surface area contributed by atoms with E-state index in [0.29, 0.717) is 16.4 Å². The molecule has 24 heavy (non-hydrogen) atoms. The highest BCUT2D eigenvalue weighted by atomic mass is 35.5. The topological polar surface area (TPSA) is 46.9 Å². The number of halogens is 1. The summed E-state index contributed by atoms with van der Waals surface area (Å²) in [4.78, 5) is 12.6. The molecule has 4 nitrogen and oxygen atoms in total. The quantitative estimate of drug-likeness (QED) is 0.779. The molecule has 1 fully saturated rings. The van der Waals surface area contributed by atoms with Gasteiger partial charge in [-0.05, 0) is 31.0 Å². The van der Waals surface area contributed by atoms with Crippen molar-refractivity contribution in [3.05, 3.63) is 71.4 Å². The van der Waals surface area contributed by atoms with Crippen LogP contribution in [-0.2, 0) is 0 Å². The number of nitrogens with zero attached hydrogens (tertiary/aromatic N) is 2. The Balaban J connectivity index is 1.82. The fourth-order valence-electron chi connectivity index (χ4n) is 2.59. The molecular weight excluding hydrogens is 322 g/mol. The zero-order chi connectivity index (χ0) is 16.5. The average molecular weight is 338 g/mol. The van der Waals surface area contributed by atoms with Crippen LogP contribution in [0.4, 0.5) is 0 Å². The van der Waals surface area contributed by atoms with E-state index in [0.717, 1.165) is 24.1 Å². The Bertz CT molecular complexity index is 885. The predicted octanol–water partition coefficient (Wildman–Crippen LogP) is 4.08. The first-order valence-electron chi connectivity index (χ1n) is 7.93. The van der Waals surface area contributed by atoms with Crippen molar-refractivity contribution in [1.29, 1.82) is 0 Å². The van der Waals surface area contributed by atoms with Crippen LogP contribution in [0.5, 0.6) is 0 Å². The van der Waals surface area contributed by atoms with Crippen molar-refractivity contribution in [1.82, 2.24) is 15.1 Å². The van der Waals surface area contributed by atoms with E-state index >= 15 is 0 Å². The van der Waals surface area contributed by atoms with Gasteiger partial charge in [-0.2, -0.15) is 5.10 Å². The minimum atomic E-state index is -0.118. The summed E-state index contributed by atoms with van der Waals surface area (Å²) < 4.78 is 1.63. The number of rotatable bonds is 4. The van der Waals surface area contributed by atoms with Gasteiger partial charge >= 0.3 is 0 Å². The smallest absolute Gasteiger partial charge is 0.270 e. The lowest BCUT2D eigenvalue weighted by molar-refractivity contribution is 0.0943. The van der Waals surface area contributed by atoms with Crippen LogP contribution in [0.15, 0.2) is 60.7 Å². The van der Waals surface area contributed by atoms with Crippen LogP contribution in [0, 0.1) is 0 Å². The van der Waals surface area contributed by atoms with Crippen molar-refractivity contribution in [2.45, 2.75) is 18.9 Å². The number of benzene rings is 2. The lowest BCUT2D eigenvalue weighted by Gasteiger charge is -2.09. The third-order valence-electron chi connectivity index (χ3n) is 4.00. The molecular formula is C19H16ClN3O. The maximum absolute atomic E-state index is 12.6. The maximum atomic E-state index is 12.6. The van der Waals surface area contributed by atoms with Gasteiger partial charge in [0.2, 0.25) is 0 Å². The Morgan fingerprint density at radius 3 is 2.50 bits per heavy atom. The van der Waals surface area contributed by atoms with Crippen LogP contribution in [0.25, 0.3) is 16.9 Å². The number of amides is 1. The van der Waals surface area contributed by atoms with Crippen LogP contribution >= 0.6 is 11.6 Å². The summed E-state index contributed by atoms with van der Waals surface area (Å²) in [6.45, 7) is 0. The standard InChI is InChI=1S/C19H16ClN3O/c20-15-8-4-5-9-17(15)23-18(19(24)21-14-10-11-14)12-16(22-23)13-6-2-1-3-7-13/h1-9,12,14H,10-11H2,(H,21,24). The van der Waals surface area contributed by atoms with Gasteiger partial charge in [-0.3, -0.25) is 4.79 Å². The molecule has 1 aliphatic rings. The lowest BCUT2D eigenvalue weighted by atomic mass is 10.1. The van der Waals surface area contributed by atoms with Crippen molar-refractivity contribution in [3.63, 3.8) is 0 Å². The van der Waals surface area contributed by atoms with Gasteiger partial charge in [-0.25, -0.2) is 4.68 Å². The fourth-order valence-corrected chi connectivity index (χ4v) is 2.80. The molecule has 0 saturated heterocycles. The van der Waals surface area contributed by atoms with Crippen LogP contribution in [0.2, 0.25) is 5.02 Å². The minimum Gasteiger partial charge on any atom is -0.348 e. The van der Waals surface area contributed by atoms with E-state index in [1.165, 1.54) is 0 Å². The SMILES string of the molecule is O=C(NC1CC1)c1cc(-c2ccccc2)nn1-c1ccccc1Cl. The molecule has 120 valence electrons. The molecule has 0 unspecified atom stereocenters. The number of nitrogens with one attached hydrogen (secondary N) is 1. The molecule has 2 aromatic carbocycles. The van der Waals surface area contributed by atoms with Gasteiger partial charge < -0.3 is 5.32 Å². The summed E-state index contributed by atoms with van der Waals surface area (Å²) in [5, 5.41) is 8.21. The molecule has 0 radical (unpaired) electrons. The molecule has 1 aliphatic carbocycles. The molecule has 1 heterocycles. The Kier molecular flexibility index (Phi) is 3.82. The second-order valence-corrected chi connectivity index (χ2v) is 6.30. The molecule has 1 aromatic heterocycles. The van der Waals surface area contributed by atoms with E-state index < -0.39 is 0 Å². The van der Waals surface area contributed by atoms with E-state index in [4.69, 9.17) is 11.6 Å². The molecule has 4 rings (SSSR count). The van der Waals surface area contributed by atoms with E-state index in [9.17, 15) is 4.79 Å². The zero-order valence-corrected chi connectivity index (χ0v) is 13.7. The lowest BCUT2D eigenvalue weighted by Crippen LogP contribution is -2.27. The Morgan fingerprint density at radius 1 is 1.08 bits per heavy atom. The summed E-state index contributed by atoms with van der Waals surface area (Å²) in [6, 6.07) is 19.3. The monoisotopic (exact) mass is 337 g/mol. The number of aromatic nitrogens is 2. The predicted molar refractivity (Wildman–Crippen MR) is 94.5 cm³/mol. The van der Waals surface area contributed by atoms with Gasteiger partial charge in [0.15, 0.2) is 0 Å². The molecule has 5 heteroatoms. The summed E-state index contributed by atoms with van der Waals surface area (Å²) in [6.07, 6.45) is 2.08. The van der Waals surface area contributed by atoms with Gasteiger partial charge in [-0.15, -0.1) is 0 Å². The number of para-hydroxylation sites is 1. The van der Waals surface area contributed by atoms with Gasteiger partial charge in [0, 0.05) is 11.6 Å². The molecule has 0 atom stereocenters. The number of carbonyl (C=O) groups is 1. The van der Waals surface area contributed by atoms with Gasteiger partial charge in [0.1, 0.15) is 5.69 Å². The number of hydrogen-bond acceptors (Lipinski definition) is 2. The van der Waals surface area contributed by atoms with Crippen molar-refractivity contribution >= 4 is 17.5 Å². The zero-order valence-electron chi connectivity index (χ0n) is 12.9. The third-order valence-corrected chi connectivity index (χ3v) is 4.32. The first-order chi connectivity index (χ1) is 11.7. The van der Waals surface area contributed by atoms with E-state index in [-0.39, 0.29) is 11.9 Å². The summed E-state index contributed by atoms with van der Waals surface area (Å²) >= 11 is 6.32. The Labute approximate surface area is 145 Å². The van der Waals surface area contributed by atoms with Crippen LogP contribution < -0.4 is 5.32 Å². The van der Waals surface area contributed by atoms with E-state index in [1.807, 2.05) is 54.6 Å². The van der Waals surface area contributed by atoms with Crippen molar-refractivity contribution in [2.24, 2.45) is 0 Å². The summed E-state index contributed by atoms with van der Waals surface area (Å²) in [5.41, 5.74) is 2.90. The van der Waals surface area contributed by atoms with Gasteiger partial charge in [-0.1, -0.05) is 54.1 Å². The maximum Gasteiger partial charge on any atom is 0.270 e. The first kappa shape index (κ1) is 15.0. The van der Waals surface area contributed by atoms with Gasteiger partial charge in [0.25, 0.3) is 5.91 Å². The molecule has 1 N–H and O–H groups in total. The number of carbonyl (C=O) groups excluding carboxylic acids is 1. The van der Waals surface area contributed by atoms with Crippen molar-refractivity contribution in [3.8, 4) is 16.9 Å². The highest BCUT2D eigenvalue weighted by Gasteiger charge is 2.26. The second kappa shape index (κ2) is 6.13. The molecule has 0 aliphatic heterocycles. The molecule has 0 bridgehead atoms. The van der Waals surface area contributed by atoms with Crippen LogP contribution in [0.3, 0.4) is 0 Å². The highest BCUT2D eigenvalue weighted by molar-refractivity contribution is 6.32. The molecule has 3 aromatic rings. The summed E-state index contributed by atoms with van der Waals surface area (Å²) in [5.74, 6) is -0.118. The first-order valence-corrected chi connectivity index (χ1v) is 8.31. The molecule has 1 saturated carbocycles. The molecule has 1 amide bonds. The third kappa shape index (κ3) is 2.93. The fraction of sp³-hybridized carbons (Fsp3) is 0.158. The van der Waals surface area contributed by atoms with Crippen LogP contribution in [0.1, 0.15) is 23.3 Å². The van der Waals surface area contributed by atoms with E-state index in [2.05, 4.69) is 10.4 Å². The van der Waals surface area contributed by atoms with Crippen LogP contribution in [-0.4, -0.2) is 21.7 Å². The Hall–Kier alpha value is -2.59. The molecule has 0 spiro atoms. The average Bonchev–Trinajstić information content (AvgIpc) is 3.31. The number of hydrogen-bond donors (Lipinski definition) is 1. The van der Waals surface area contributed by atoms with Crippen molar-refractivity contribution < 1.29 is 4.79 Å². The highest BCUT2D eigenvalue weighted by Crippen LogP contribution is 2.26. The van der Waals surface area contributed by atoms with Gasteiger partial charge in [0.05, 0.1) is 16.4 Å². The summed E-state index contributed by atoms with van der Waals surface area (Å²) in [7, 11) is 0.